The Kier molecular flexibility index (Phi) is 3.76. The van der Waals surface area contributed by atoms with Crippen molar-refractivity contribution in [1.29, 1.82) is 0 Å². The van der Waals surface area contributed by atoms with Crippen molar-refractivity contribution in [3.05, 3.63) is 33.8 Å². The summed E-state index contributed by atoms with van der Waals surface area (Å²) in [6.45, 7) is 6.46. The number of hydrogen-bond acceptors (Lipinski definition) is 2. The first-order valence-electron chi connectivity index (χ1n) is 6.08. The van der Waals surface area contributed by atoms with E-state index in [2.05, 4.69) is 59.0 Å². The number of aromatic amines is 1. The number of hydrogen-bond donors (Lipinski definition) is 2. The summed E-state index contributed by atoms with van der Waals surface area (Å²) in [6.07, 6.45) is 0.938. The van der Waals surface area contributed by atoms with Crippen LogP contribution >= 0.6 is 15.9 Å². The Morgan fingerprint density at radius 1 is 1.39 bits per heavy atom. The zero-order chi connectivity index (χ0) is 13.3. The maximum atomic E-state index is 5.96. The lowest BCUT2D eigenvalue weighted by atomic mass is 9.97. The normalized spacial score (nSPS) is 11.2. The molecule has 0 saturated heterocycles. The van der Waals surface area contributed by atoms with Gasteiger partial charge in [-0.2, -0.15) is 5.10 Å². The number of aromatic nitrogens is 2. The van der Waals surface area contributed by atoms with Gasteiger partial charge in [-0.05, 0) is 37.0 Å². The van der Waals surface area contributed by atoms with Crippen LogP contribution in [-0.4, -0.2) is 10.2 Å². The van der Waals surface area contributed by atoms with Crippen LogP contribution < -0.4 is 5.73 Å². The van der Waals surface area contributed by atoms with Gasteiger partial charge in [0.15, 0.2) is 0 Å². The SMILES string of the molecule is Cc1cc(Br)ccc1-c1[nH]nc(N)c1CC(C)C. The van der Waals surface area contributed by atoms with Crippen molar-refractivity contribution in [3.63, 3.8) is 0 Å². The fourth-order valence-corrected chi connectivity index (χ4v) is 2.60. The van der Waals surface area contributed by atoms with Crippen LogP contribution in [0.5, 0.6) is 0 Å². The predicted octanol–water partition coefficient (Wildman–Crippen LogP) is 3.93. The maximum absolute atomic E-state index is 5.96. The van der Waals surface area contributed by atoms with Gasteiger partial charge < -0.3 is 5.73 Å². The second-order valence-electron chi connectivity index (χ2n) is 5.02. The summed E-state index contributed by atoms with van der Waals surface area (Å²) in [4.78, 5) is 0. The molecule has 0 unspecified atom stereocenters. The van der Waals surface area contributed by atoms with Crippen molar-refractivity contribution < 1.29 is 0 Å². The predicted molar refractivity (Wildman–Crippen MR) is 79.4 cm³/mol. The molecular formula is C14H18BrN3. The number of nitrogens with two attached hydrogens (primary N) is 1. The molecule has 18 heavy (non-hydrogen) atoms. The molecule has 0 radical (unpaired) electrons. The second-order valence-corrected chi connectivity index (χ2v) is 5.94. The molecule has 3 nitrogen and oxygen atoms in total. The Bertz CT molecular complexity index is 558. The first-order valence-corrected chi connectivity index (χ1v) is 6.87. The molecule has 0 aliphatic carbocycles. The van der Waals surface area contributed by atoms with Crippen molar-refractivity contribution in [2.24, 2.45) is 5.92 Å². The van der Waals surface area contributed by atoms with Crippen LogP contribution in [0.15, 0.2) is 22.7 Å². The maximum Gasteiger partial charge on any atom is 0.149 e. The number of benzene rings is 1. The van der Waals surface area contributed by atoms with Gasteiger partial charge in [-0.15, -0.1) is 0 Å². The van der Waals surface area contributed by atoms with E-state index in [9.17, 15) is 0 Å². The van der Waals surface area contributed by atoms with Crippen LogP contribution in [0.3, 0.4) is 0 Å². The number of aryl methyl sites for hydroxylation is 1. The molecule has 0 aliphatic heterocycles. The number of anilines is 1. The number of halogens is 1. The third-order valence-electron chi connectivity index (χ3n) is 2.97. The molecule has 3 N–H and O–H groups in total. The summed E-state index contributed by atoms with van der Waals surface area (Å²) >= 11 is 3.48. The molecule has 4 heteroatoms. The third-order valence-corrected chi connectivity index (χ3v) is 3.46. The van der Waals surface area contributed by atoms with E-state index >= 15 is 0 Å². The van der Waals surface area contributed by atoms with Crippen LogP contribution in [0.4, 0.5) is 5.82 Å². The molecule has 1 aromatic heterocycles. The van der Waals surface area contributed by atoms with Gasteiger partial charge in [0.05, 0.1) is 5.69 Å². The van der Waals surface area contributed by atoms with Gasteiger partial charge in [-0.3, -0.25) is 5.10 Å². The molecule has 2 rings (SSSR count). The van der Waals surface area contributed by atoms with Gasteiger partial charge in [-0.1, -0.05) is 35.8 Å². The van der Waals surface area contributed by atoms with Gasteiger partial charge in [0.25, 0.3) is 0 Å². The van der Waals surface area contributed by atoms with Crippen molar-refractivity contribution in [2.75, 3.05) is 5.73 Å². The lowest BCUT2D eigenvalue weighted by molar-refractivity contribution is 0.649. The molecule has 0 fully saturated rings. The van der Waals surface area contributed by atoms with E-state index < -0.39 is 0 Å². The molecule has 0 bridgehead atoms. The fourth-order valence-electron chi connectivity index (χ4n) is 2.12. The average Bonchev–Trinajstić information content (AvgIpc) is 2.60. The Labute approximate surface area is 116 Å². The van der Waals surface area contributed by atoms with Gasteiger partial charge in [0.2, 0.25) is 0 Å². The van der Waals surface area contributed by atoms with Crippen molar-refractivity contribution in [1.82, 2.24) is 10.2 Å². The lowest BCUT2D eigenvalue weighted by Gasteiger charge is -2.09. The summed E-state index contributed by atoms with van der Waals surface area (Å²) in [6, 6.07) is 6.24. The van der Waals surface area contributed by atoms with E-state index in [1.165, 1.54) is 5.56 Å². The van der Waals surface area contributed by atoms with Gasteiger partial charge in [-0.25, -0.2) is 0 Å². The van der Waals surface area contributed by atoms with Gasteiger partial charge >= 0.3 is 0 Å². The molecule has 96 valence electrons. The van der Waals surface area contributed by atoms with E-state index in [1.807, 2.05) is 6.07 Å². The van der Waals surface area contributed by atoms with E-state index in [4.69, 9.17) is 5.73 Å². The minimum atomic E-state index is 0.555. The highest BCUT2D eigenvalue weighted by Gasteiger charge is 2.15. The standard InChI is InChI=1S/C14H18BrN3/c1-8(2)6-12-13(17-18-14(12)16)11-5-4-10(15)7-9(11)3/h4-5,7-8H,6H2,1-3H3,(H3,16,17,18). The minimum Gasteiger partial charge on any atom is -0.382 e. The molecule has 0 amide bonds. The summed E-state index contributed by atoms with van der Waals surface area (Å²) in [5, 5.41) is 7.22. The quantitative estimate of drug-likeness (QED) is 0.902. The third kappa shape index (κ3) is 2.58. The van der Waals surface area contributed by atoms with Crippen molar-refractivity contribution >= 4 is 21.7 Å². The Hall–Kier alpha value is -1.29. The molecule has 0 aliphatic rings. The zero-order valence-electron chi connectivity index (χ0n) is 10.9. The minimum absolute atomic E-state index is 0.555. The van der Waals surface area contributed by atoms with E-state index in [0.717, 1.165) is 27.7 Å². The fraction of sp³-hybridized carbons (Fsp3) is 0.357. The molecule has 2 aromatic rings. The van der Waals surface area contributed by atoms with Crippen LogP contribution in [0.1, 0.15) is 25.0 Å². The molecule has 0 atom stereocenters. The summed E-state index contributed by atoms with van der Waals surface area (Å²) in [5.41, 5.74) is 10.5. The smallest absolute Gasteiger partial charge is 0.149 e. The molecule has 0 spiro atoms. The van der Waals surface area contributed by atoms with E-state index in [-0.39, 0.29) is 0 Å². The van der Waals surface area contributed by atoms with Crippen LogP contribution in [0.2, 0.25) is 0 Å². The van der Waals surface area contributed by atoms with Gasteiger partial charge in [0.1, 0.15) is 5.82 Å². The number of rotatable bonds is 3. The topological polar surface area (TPSA) is 54.7 Å². The van der Waals surface area contributed by atoms with Crippen molar-refractivity contribution in [2.45, 2.75) is 27.2 Å². The van der Waals surface area contributed by atoms with Crippen LogP contribution in [0.25, 0.3) is 11.3 Å². The highest BCUT2D eigenvalue weighted by molar-refractivity contribution is 9.10. The summed E-state index contributed by atoms with van der Waals surface area (Å²) < 4.78 is 1.08. The number of nitrogens with one attached hydrogen (secondary N) is 1. The Morgan fingerprint density at radius 2 is 2.11 bits per heavy atom. The Balaban J connectivity index is 2.50. The first kappa shape index (κ1) is 13.1. The summed E-state index contributed by atoms with van der Waals surface area (Å²) in [7, 11) is 0. The van der Waals surface area contributed by atoms with Gasteiger partial charge in [0, 0.05) is 15.6 Å². The monoisotopic (exact) mass is 307 g/mol. The second kappa shape index (κ2) is 5.14. The first-order chi connectivity index (χ1) is 8.49. The number of H-pyrrole nitrogens is 1. The van der Waals surface area contributed by atoms with Crippen LogP contribution in [0, 0.1) is 12.8 Å². The molecule has 0 saturated carbocycles. The lowest BCUT2D eigenvalue weighted by Crippen LogP contribution is -1.99. The highest BCUT2D eigenvalue weighted by Crippen LogP contribution is 2.31. The summed E-state index contributed by atoms with van der Waals surface area (Å²) in [5.74, 6) is 1.17. The molecule has 1 heterocycles. The highest BCUT2D eigenvalue weighted by atomic mass is 79.9. The average molecular weight is 308 g/mol. The Morgan fingerprint density at radius 3 is 2.72 bits per heavy atom. The number of nitrogen functional groups attached to an aromatic ring is 1. The van der Waals surface area contributed by atoms with Crippen molar-refractivity contribution in [3.8, 4) is 11.3 Å². The largest absolute Gasteiger partial charge is 0.382 e. The van der Waals surface area contributed by atoms with E-state index in [0.29, 0.717) is 11.7 Å². The van der Waals surface area contributed by atoms with E-state index in [1.54, 1.807) is 0 Å². The molecule has 1 aromatic carbocycles. The molecular weight excluding hydrogens is 290 g/mol. The van der Waals surface area contributed by atoms with Crippen LogP contribution in [-0.2, 0) is 6.42 Å². The number of nitrogens with zero attached hydrogens (tertiary/aromatic N) is 1. The zero-order valence-corrected chi connectivity index (χ0v) is 12.5.